The van der Waals surface area contributed by atoms with E-state index in [9.17, 15) is 0 Å². The van der Waals surface area contributed by atoms with Crippen molar-refractivity contribution in [1.82, 2.24) is 9.97 Å². The van der Waals surface area contributed by atoms with E-state index < -0.39 is 0 Å². The van der Waals surface area contributed by atoms with Crippen molar-refractivity contribution in [2.24, 2.45) is 5.92 Å². The highest BCUT2D eigenvalue weighted by Gasteiger charge is 2.16. The standard InChI is InChI=1S/C10H15N3O2/c1-7-4-9(13-10(11)12-7)15-6-8-2-3-14-5-8/h4,8H,2-3,5-6H2,1H3,(H2,11,12,13). The minimum absolute atomic E-state index is 0.257. The van der Waals surface area contributed by atoms with Gasteiger partial charge in [0, 0.05) is 24.3 Å². The molecule has 1 atom stereocenters. The third-order valence-electron chi connectivity index (χ3n) is 2.34. The average molecular weight is 209 g/mol. The molecule has 2 rings (SSSR count). The van der Waals surface area contributed by atoms with Gasteiger partial charge in [-0.15, -0.1) is 0 Å². The number of hydrogen-bond acceptors (Lipinski definition) is 5. The van der Waals surface area contributed by atoms with E-state index in [4.69, 9.17) is 15.2 Å². The molecule has 1 fully saturated rings. The molecule has 0 saturated carbocycles. The van der Waals surface area contributed by atoms with Gasteiger partial charge in [0.1, 0.15) is 0 Å². The Morgan fingerprint density at radius 1 is 1.60 bits per heavy atom. The molecular formula is C10H15N3O2. The van der Waals surface area contributed by atoms with Crippen molar-refractivity contribution in [3.63, 3.8) is 0 Å². The zero-order chi connectivity index (χ0) is 10.7. The van der Waals surface area contributed by atoms with Gasteiger partial charge in [-0.05, 0) is 13.3 Å². The molecule has 1 aliphatic rings. The lowest BCUT2D eigenvalue weighted by Crippen LogP contribution is -2.13. The highest BCUT2D eigenvalue weighted by molar-refractivity contribution is 5.25. The Hall–Kier alpha value is -1.36. The van der Waals surface area contributed by atoms with Gasteiger partial charge in [-0.2, -0.15) is 4.98 Å². The van der Waals surface area contributed by atoms with Crippen LogP contribution in [-0.4, -0.2) is 29.8 Å². The molecule has 5 heteroatoms. The maximum atomic E-state index is 5.54. The topological polar surface area (TPSA) is 70.3 Å². The van der Waals surface area contributed by atoms with E-state index in [0.717, 1.165) is 25.3 Å². The average Bonchev–Trinajstić information content (AvgIpc) is 2.65. The number of anilines is 1. The third kappa shape index (κ3) is 2.79. The Bertz CT molecular complexity index is 317. The number of ether oxygens (including phenoxy) is 2. The monoisotopic (exact) mass is 209 g/mol. The van der Waals surface area contributed by atoms with Crippen molar-refractivity contribution in [3.05, 3.63) is 11.8 Å². The van der Waals surface area contributed by atoms with Gasteiger partial charge >= 0.3 is 0 Å². The Balaban J connectivity index is 1.92. The Morgan fingerprint density at radius 2 is 2.47 bits per heavy atom. The molecule has 5 nitrogen and oxygen atoms in total. The first-order valence-electron chi connectivity index (χ1n) is 5.06. The minimum atomic E-state index is 0.257. The SMILES string of the molecule is Cc1cc(OCC2CCOC2)nc(N)n1. The normalized spacial score (nSPS) is 20.5. The van der Waals surface area contributed by atoms with Crippen molar-refractivity contribution in [2.45, 2.75) is 13.3 Å². The van der Waals surface area contributed by atoms with Crippen molar-refractivity contribution in [2.75, 3.05) is 25.6 Å². The quantitative estimate of drug-likeness (QED) is 0.796. The lowest BCUT2D eigenvalue weighted by Gasteiger charge is -2.09. The van der Waals surface area contributed by atoms with Crippen LogP contribution in [0.1, 0.15) is 12.1 Å². The number of aromatic nitrogens is 2. The largest absolute Gasteiger partial charge is 0.477 e. The summed E-state index contributed by atoms with van der Waals surface area (Å²) in [6.07, 6.45) is 1.06. The summed E-state index contributed by atoms with van der Waals surface area (Å²) in [5.74, 6) is 1.28. The molecule has 1 saturated heterocycles. The van der Waals surface area contributed by atoms with Crippen molar-refractivity contribution in [1.29, 1.82) is 0 Å². The van der Waals surface area contributed by atoms with E-state index in [1.807, 2.05) is 6.92 Å². The van der Waals surface area contributed by atoms with Crippen LogP contribution >= 0.6 is 0 Å². The van der Waals surface area contributed by atoms with E-state index in [1.54, 1.807) is 6.07 Å². The summed E-state index contributed by atoms with van der Waals surface area (Å²) in [7, 11) is 0. The van der Waals surface area contributed by atoms with Crippen LogP contribution in [0, 0.1) is 12.8 Å². The van der Waals surface area contributed by atoms with Gasteiger partial charge in [-0.1, -0.05) is 0 Å². The van der Waals surface area contributed by atoms with Gasteiger partial charge in [0.15, 0.2) is 0 Å². The fourth-order valence-corrected chi connectivity index (χ4v) is 1.55. The molecule has 1 unspecified atom stereocenters. The fraction of sp³-hybridized carbons (Fsp3) is 0.600. The molecule has 0 spiro atoms. The first kappa shape index (κ1) is 10.2. The van der Waals surface area contributed by atoms with Gasteiger partial charge in [0.05, 0.1) is 13.2 Å². The van der Waals surface area contributed by atoms with Crippen molar-refractivity contribution < 1.29 is 9.47 Å². The van der Waals surface area contributed by atoms with Gasteiger partial charge in [0.2, 0.25) is 11.8 Å². The smallest absolute Gasteiger partial charge is 0.223 e. The van der Waals surface area contributed by atoms with Crippen LogP contribution in [0.3, 0.4) is 0 Å². The zero-order valence-electron chi connectivity index (χ0n) is 8.77. The van der Waals surface area contributed by atoms with Crippen LogP contribution in [0.5, 0.6) is 5.88 Å². The van der Waals surface area contributed by atoms with E-state index in [1.165, 1.54) is 0 Å². The van der Waals surface area contributed by atoms with Crippen LogP contribution in [-0.2, 0) is 4.74 Å². The van der Waals surface area contributed by atoms with E-state index >= 15 is 0 Å². The second-order valence-corrected chi connectivity index (χ2v) is 3.75. The molecule has 1 aromatic heterocycles. The second-order valence-electron chi connectivity index (χ2n) is 3.75. The lowest BCUT2D eigenvalue weighted by molar-refractivity contribution is 0.165. The molecule has 2 heterocycles. The van der Waals surface area contributed by atoms with Gasteiger partial charge in [-0.3, -0.25) is 0 Å². The van der Waals surface area contributed by atoms with Crippen LogP contribution in [0.4, 0.5) is 5.95 Å². The second kappa shape index (κ2) is 4.44. The molecule has 82 valence electrons. The maximum absolute atomic E-state index is 5.54. The number of nitrogens with zero attached hydrogens (tertiary/aromatic N) is 2. The van der Waals surface area contributed by atoms with Gasteiger partial charge in [0.25, 0.3) is 0 Å². The number of hydrogen-bond donors (Lipinski definition) is 1. The molecule has 0 bridgehead atoms. The lowest BCUT2D eigenvalue weighted by atomic mass is 10.1. The van der Waals surface area contributed by atoms with Crippen LogP contribution in [0.15, 0.2) is 6.07 Å². The predicted molar refractivity (Wildman–Crippen MR) is 55.6 cm³/mol. The summed E-state index contributed by atoms with van der Waals surface area (Å²) < 4.78 is 10.8. The first-order chi connectivity index (χ1) is 7.24. The Labute approximate surface area is 88.6 Å². The Morgan fingerprint density at radius 3 is 3.13 bits per heavy atom. The zero-order valence-corrected chi connectivity index (χ0v) is 8.77. The predicted octanol–water partition coefficient (Wildman–Crippen LogP) is 0.783. The summed E-state index contributed by atoms with van der Waals surface area (Å²) in [4.78, 5) is 7.97. The molecule has 0 aliphatic carbocycles. The molecule has 2 N–H and O–H groups in total. The molecule has 0 aromatic carbocycles. The van der Waals surface area contributed by atoms with Crippen LogP contribution in [0.25, 0.3) is 0 Å². The summed E-state index contributed by atoms with van der Waals surface area (Å²) in [6.45, 7) is 4.11. The van der Waals surface area contributed by atoms with Crippen molar-refractivity contribution in [3.8, 4) is 5.88 Å². The number of aryl methyl sites for hydroxylation is 1. The van der Waals surface area contributed by atoms with Gasteiger partial charge in [-0.25, -0.2) is 4.98 Å². The maximum Gasteiger partial charge on any atom is 0.223 e. The fourth-order valence-electron chi connectivity index (χ4n) is 1.55. The van der Waals surface area contributed by atoms with Crippen molar-refractivity contribution >= 4 is 5.95 Å². The summed E-state index contributed by atoms with van der Waals surface area (Å²) in [6, 6.07) is 1.78. The van der Waals surface area contributed by atoms with Crippen LogP contribution < -0.4 is 10.5 Å². The first-order valence-corrected chi connectivity index (χ1v) is 5.06. The summed E-state index contributed by atoms with van der Waals surface area (Å²) in [5, 5.41) is 0. The molecule has 0 radical (unpaired) electrons. The van der Waals surface area contributed by atoms with Gasteiger partial charge < -0.3 is 15.2 Å². The summed E-state index contributed by atoms with van der Waals surface area (Å²) in [5.41, 5.74) is 6.34. The molecule has 1 aliphatic heterocycles. The highest BCUT2D eigenvalue weighted by atomic mass is 16.5. The molecule has 15 heavy (non-hydrogen) atoms. The molecular weight excluding hydrogens is 194 g/mol. The minimum Gasteiger partial charge on any atom is -0.477 e. The van der Waals surface area contributed by atoms with Crippen LogP contribution in [0.2, 0.25) is 0 Å². The number of nitrogen functional groups attached to an aromatic ring is 1. The van der Waals surface area contributed by atoms with E-state index in [2.05, 4.69) is 9.97 Å². The third-order valence-corrected chi connectivity index (χ3v) is 2.34. The number of rotatable bonds is 3. The highest BCUT2D eigenvalue weighted by Crippen LogP contribution is 2.15. The molecule has 1 aromatic rings. The number of nitrogens with two attached hydrogens (primary N) is 1. The molecule has 0 amide bonds. The summed E-state index contributed by atoms with van der Waals surface area (Å²) >= 11 is 0. The Kier molecular flexibility index (Phi) is 3.01. The van der Waals surface area contributed by atoms with E-state index in [0.29, 0.717) is 18.4 Å². The van der Waals surface area contributed by atoms with E-state index in [-0.39, 0.29) is 5.95 Å².